The highest BCUT2D eigenvalue weighted by atomic mass is 127. The highest BCUT2D eigenvalue weighted by Crippen LogP contribution is 2.40. The SMILES string of the molecule is O=C(O[C@H](c1ccc(Cl)cc1)[C@H]1O[C@@H](n2ccc3c(I)ncnc32)[C@H](O)[C@@H]1O)c1ccc(-c2ccccc2)cc1. The molecule has 10 heteroatoms. The fourth-order valence-electron chi connectivity index (χ4n) is 4.90. The van der Waals surface area contributed by atoms with Crippen molar-refractivity contribution in [3.8, 4) is 11.1 Å². The third-order valence-electron chi connectivity index (χ3n) is 6.97. The second kappa shape index (κ2) is 11.3. The lowest BCUT2D eigenvalue weighted by Crippen LogP contribution is -2.36. The molecule has 5 atom stereocenters. The van der Waals surface area contributed by atoms with E-state index in [0.29, 0.717) is 21.8 Å². The normalized spacial score (nSPS) is 21.4. The highest BCUT2D eigenvalue weighted by molar-refractivity contribution is 14.1. The van der Waals surface area contributed by atoms with Crippen molar-refractivity contribution >= 4 is 51.2 Å². The maximum atomic E-state index is 13.3. The van der Waals surface area contributed by atoms with Gasteiger partial charge in [0.2, 0.25) is 0 Å². The number of carbonyl (C=O) groups excluding carboxylic acids is 1. The molecule has 1 aliphatic rings. The van der Waals surface area contributed by atoms with E-state index in [0.717, 1.165) is 20.2 Å². The van der Waals surface area contributed by atoms with Crippen molar-refractivity contribution in [3.05, 3.63) is 117 Å². The van der Waals surface area contributed by atoms with Crippen molar-refractivity contribution in [1.29, 1.82) is 0 Å². The molecular formula is C30H23ClIN3O5. The number of aromatic nitrogens is 3. The molecular weight excluding hydrogens is 645 g/mol. The lowest BCUT2D eigenvalue weighted by molar-refractivity contribution is -0.0916. The monoisotopic (exact) mass is 667 g/mol. The van der Waals surface area contributed by atoms with Gasteiger partial charge < -0.3 is 24.3 Å². The topological polar surface area (TPSA) is 107 Å². The van der Waals surface area contributed by atoms with E-state index in [1.165, 1.54) is 6.33 Å². The van der Waals surface area contributed by atoms with E-state index in [2.05, 4.69) is 32.6 Å². The van der Waals surface area contributed by atoms with Crippen LogP contribution < -0.4 is 0 Å². The van der Waals surface area contributed by atoms with Gasteiger partial charge in [-0.05, 0) is 69.6 Å². The van der Waals surface area contributed by atoms with Crippen molar-refractivity contribution in [3.63, 3.8) is 0 Å². The van der Waals surface area contributed by atoms with Gasteiger partial charge in [0, 0.05) is 11.2 Å². The van der Waals surface area contributed by atoms with Crippen LogP contribution in [-0.4, -0.2) is 49.0 Å². The average molecular weight is 668 g/mol. The number of nitrogens with zero attached hydrogens (tertiary/aromatic N) is 3. The van der Waals surface area contributed by atoms with Gasteiger partial charge in [-0.3, -0.25) is 0 Å². The molecule has 0 aliphatic carbocycles. The fraction of sp³-hybridized carbons (Fsp3) is 0.167. The van der Waals surface area contributed by atoms with Gasteiger partial charge in [0.15, 0.2) is 12.3 Å². The second-order valence-corrected chi connectivity index (χ2v) is 10.9. The molecule has 0 spiro atoms. The lowest BCUT2D eigenvalue weighted by atomic mass is 9.98. The predicted octanol–water partition coefficient (Wildman–Crippen LogP) is 5.57. The summed E-state index contributed by atoms with van der Waals surface area (Å²) >= 11 is 8.22. The van der Waals surface area contributed by atoms with E-state index in [4.69, 9.17) is 21.1 Å². The van der Waals surface area contributed by atoms with Crippen LogP contribution in [0.2, 0.25) is 5.02 Å². The number of fused-ring (bicyclic) bond motifs is 1. The first-order valence-electron chi connectivity index (χ1n) is 12.5. The number of ether oxygens (including phenoxy) is 2. The van der Waals surface area contributed by atoms with Crippen molar-refractivity contribution < 1.29 is 24.5 Å². The standard InChI is InChI=1S/C30H23ClIN3O5/c31-21-12-10-19(11-13-21)25(40-30(38)20-8-6-18(7-9-20)17-4-2-1-3-5-17)26-23(36)24(37)29(39-26)35-15-14-22-27(32)33-16-34-28(22)35/h1-16,23-26,29,36-37H/t23-,24+,25+,26-,29+/m0/s1. The highest BCUT2D eigenvalue weighted by Gasteiger charge is 2.49. The summed E-state index contributed by atoms with van der Waals surface area (Å²) in [6.07, 6.45) is -2.61. The number of aliphatic hydroxyl groups is 2. The number of carbonyl (C=O) groups is 1. The molecule has 2 N–H and O–H groups in total. The molecule has 1 saturated heterocycles. The molecule has 5 aromatic rings. The van der Waals surface area contributed by atoms with Crippen LogP contribution in [0.1, 0.15) is 28.3 Å². The number of aliphatic hydroxyl groups excluding tert-OH is 2. The zero-order valence-corrected chi connectivity index (χ0v) is 23.8. The molecule has 1 fully saturated rings. The maximum absolute atomic E-state index is 13.3. The Hall–Kier alpha value is -3.35. The molecule has 0 radical (unpaired) electrons. The Morgan fingerprint density at radius 1 is 0.925 bits per heavy atom. The molecule has 3 aromatic carbocycles. The largest absolute Gasteiger partial charge is 0.451 e. The number of hydrogen-bond donors (Lipinski definition) is 2. The molecule has 1 aliphatic heterocycles. The first-order chi connectivity index (χ1) is 19.4. The van der Waals surface area contributed by atoms with Crippen LogP contribution in [0.15, 0.2) is 97.5 Å². The minimum absolute atomic E-state index is 0.339. The van der Waals surface area contributed by atoms with Gasteiger partial charge in [-0.15, -0.1) is 0 Å². The summed E-state index contributed by atoms with van der Waals surface area (Å²) < 4.78 is 14.6. The van der Waals surface area contributed by atoms with E-state index < -0.39 is 36.6 Å². The molecule has 8 nitrogen and oxygen atoms in total. The molecule has 0 saturated carbocycles. The number of hydrogen-bond acceptors (Lipinski definition) is 7. The Morgan fingerprint density at radius 3 is 2.35 bits per heavy atom. The average Bonchev–Trinajstić information content (AvgIpc) is 3.54. The second-order valence-electron chi connectivity index (χ2n) is 9.42. The van der Waals surface area contributed by atoms with Gasteiger partial charge in [-0.2, -0.15) is 0 Å². The molecule has 40 heavy (non-hydrogen) atoms. The van der Waals surface area contributed by atoms with E-state index >= 15 is 0 Å². The minimum Gasteiger partial charge on any atom is -0.451 e. The van der Waals surface area contributed by atoms with Crippen LogP contribution in [0.25, 0.3) is 22.2 Å². The number of halogens is 2. The molecule has 0 bridgehead atoms. The lowest BCUT2D eigenvalue weighted by Gasteiger charge is -2.26. The Kier molecular flexibility index (Phi) is 7.56. The maximum Gasteiger partial charge on any atom is 0.338 e. The van der Waals surface area contributed by atoms with Crippen molar-refractivity contribution in [2.45, 2.75) is 30.6 Å². The molecule has 0 amide bonds. The summed E-state index contributed by atoms with van der Waals surface area (Å²) in [5, 5.41) is 23.5. The van der Waals surface area contributed by atoms with Gasteiger partial charge in [-0.25, -0.2) is 14.8 Å². The zero-order valence-electron chi connectivity index (χ0n) is 20.8. The zero-order chi connectivity index (χ0) is 27.8. The molecule has 202 valence electrons. The molecule has 6 rings (SSSR count). The van der Waals surface area contributed by atoms with Crippen LogP contribution in [0.5, 0.6) is 0 Å². The third-order valence-corrected chi connectivity index (χ3v) is 8.08. The Labute approximate surface area is 248 Å². The van der Waals surface area contributed by atoms with Gasteiger partial charge in [0.05, 0.1) is 10.9 Å². The van der Waals surface area contributed by atoms with Crippen molar-refractivity contribution in [1.82, 2.24) is 14.5 Å². The summed E-state index contributed by atoms with van der Waals surface area (Å²) in [5.41, 5.74) is 3.44. The number of rotatable bonds is 6. The Morgan fingerprint density at radius 2 is 1.62 bits per heavy atom. The fourth-order valence-corrected chi connectivity index (χ4v) is 5.57. The van der Waals surface area contributed by atoms with Gasteiger partial charge >= 0.3 is 5.97 Å². The Bertz CT molecular complexity index is 1650. The summed E-state index contributed by atoms with van der Waals surface area (Å²) in [4.78, 5) is 21.9. The minimum atomic E-state index is -1.36. The number of esters is 1. The van der Waals surface area contributed by atoms with Gasteiger partial charge in [0.25, 0.3) is 0 Å². The van der Waals surface area contributed by atoms with E-state index in [-0.39, 0.29) is 0 Å². The third kappa shape index (κ3) is 5.11. The van der Waals surface area contributed by atoms with Crippen molar-refractivity contribution in [2.24, 2.45) is 0 Å². The Balaban J connectivity index is 1.30. The molecule has 2 aromatic heterocycles. The molecule has 3 heterocycles. The van der Waals surface area contributed by atoms with Crippen LogP contribution >= 0.6 is 34.2 Å². The molecule has 0 unspecified atom stereocenters. The summed E-state index contributed by atoms with van der Waals surface area (Å²) in [6.45, 7) is 0. The first-order valence-corrected chi connectivity index (χ1v) is 14.0. The van der Waals surface area contributed by atoms with E-state index in [1.807, 2.05) is 48.5 Å². The quantitative estimate of drug-likeness (QED) is 0.139. The van der Waals surface area contributed by atoms with Crippen LogP contribution in [0.3, 0.4) is 0 Å². The van der Waals surface area contributed by atoms with Crippen LogP contribution in [0, 0.1) is 3.70 Å². The van der Waals surface area contributed by atoms with Crippen molar-refractivity contribution in [2.75, 3.05) is 0 Å². The summed E-state index contributed by atoms with van der Waals surface area (Å²) in [6, 6.07) is 25.5. The summed E-state index contributed by atoms with van der Waals surface area (Å²) in [7, 11) is 0. The van der Waals surface area contributed by atoms with Gasteiger partial charge in [-0.1, -0.05) is 66.2 Å². The number of benzene rings is 3. The summed E-state index contributed by atoms with van der Waals surface area (Å²) in [5.74, 6) is -0.595. The van der Waals surface area contributed by atoms with E-state index in [9.17, 15) is 15.0 Å². The first kappa shape index (κ1) is 26.9. The van der Waals surface area contributed by atoms with E-state index in [1.54, 1.807) is 47.2 Å². The predicted molar refractivity (Wildman–Crippen MR) is 158 cm³/mol. The van der Waals surface area contributed by atoms with Crippen LogP contribution in [0.4, 0.5) is 0 Å². The van der Waals surface area contributed by atoms with Gasteiger partial charge in [0.1, 0.15) is 34.0 Å². The van der Waals surface area contributed by atoms with Crippen LogP contribution in [-0.2, 0) is 9.47 Å². The smallest absolute Gasteiger partial charge is 0.338 e.